The van der Waals surface area contributed by atoms with Crippen molar-refractivity contribution >= 4 is 11.0 Å². The Kier molecular flexibility index (Phi) is 2.67. The van der Waals surface area contributed by atoms with Crippen molar-refractivity contribution in [2.24, 2.45) is 7.05 Å². The van der Waals surface area contributed by atoms with E-state index in [0.29, 0.717) is 5.41 Å². The third-order valence-electron chi connectivity index (χ3n) is 4.27. The molecule has 96 valence electrons. The topological polar surface area (TPSA) is 29.9 Å². The van der Waals surface area contributed by atoms with Gasteiger partial charge < -0.3 is 9.88 Å². The van der Waals surface area contributed by atoms with Gasteiger partial charge in [0.25, 0.3) is 0 Å². The van der Waals surface area contributed by atoms with Gasteiger partial charge in [-0.3, -0.25) is 0 Å². The van der Waals surface area contributed by atoms with Crippen LogP contribution in [-0.4, -0.2) is 23.1 Å². The van der Waals surface area contributed by atoms with Gasteiger partial charge in [-0.25, -0.2) is 4.98 Å². The van der Waals surface area contributed by atoms with Crippen LogP contribution in [0.15, 0.2) is 18.2 Å². The molecule has 0 bridgehead atoms. The zero-order chi connectivity index (χ0) is 12.8. The summed E-state index contributed by atoms with van der Waals surface area (Å²) in [6, 6.07) is 6.80. The largest absolute Gasteiger partial charge is 0.331 e. The molecule has 2 aromatic rings. The highest BCUT2D eigenvalue weighted by Crippen LogP contribution is 2.48. The van der Waals surface area contributed by atoms with Crippen molar-refractivity contribution in [3.8, 4) is 0 Å². The van der Waals surface area contributed by atoms with Crippen LogP contribution in [-0.2, 0) is 18.9 Å². The quantitative estimate of drug-likeness (QED) is 0.893. The summed E-state index contributed by atoms with van der Waals surface area (Å²) in [7, 11) is 4.14. The molecule has 0 saturated heterocycles. The van der Waals surface area contributed by atoms with Crippen LogP contribution in [0.5, 0.6) is 0 Å². The molecule has 0 spiro atoms. The van der Waals surface area contributed by atoms with Crippen molar-refractivity contribution in [3.63, 3.8) is 0 Å². The highest BCUT2D eigenvalue weighted by Gasteiger charge is 2.43. The first kappa shape index (κ1) is 11.7. The molecule has 0 unspecified atom stereocenters. The van der Waals surface area contributed by atoms with Gasteiger partial charge in [0.2, 0.25) is 0 Å². The molecule has 0 radical (unpaired) electrons. The first-order valence-electron chi connectivity index (χ1n) is 6.80. The van der Waals surface area contributed by atoms with E-state index in [4.69, 9.17) is 4.98 Å². The smallest absolute Gasteiger partial charge is 0.109 e. The lowest BCUT2D eigenvalue weighted by atomic mass is 9.95. The van der Waals surface area contributed by atoms with Crippen LogP contribution in [0.4, 0.5) is 0 Å². The minimum atomic E-state index is 0.382. The number of imidazole rings is 1. The zero-order valence-corrected chi connectivity index (χ0v) is 11.5. The molecule has 1 fully saturated rings. The average Bonchev–Trinajstić information content (AvgIpc) is 3.09. The van der Waals surface area contributed by atoms with E-state index in [9.17, 15) is 0 Å². The number of nitrogens with zero attached hydrogens (tertiary/aromatic N) is 2. The molecule has 3 heteroatoms. The van der Waals surface area contributed by atoms with Crippen molar-refractivity contribution in [1.29, 1.82) is 0 Å². The van der Waals surface area contributed by atoms with Crippen LogP contribution in [0.3, 0.4) is 0 Å². The van der Waals surface area contributed by atoms with E-state index in [1.54, 1.807) is 0 Å². The van der Waals surface area contributed by atoms with Crippen molar-refractivity contribution in [3.05, 3.63) is 29.6 Å². The Morgan fingerprint density at radius 3 is 2.78 bits per heavy atom. The van der Waals surface area contributed by atoms with Crippen LogP contribution in [0.1, 0.15) is 31.2 Å². The molecule has 1 aromatic carbocycles. The Morgan fingerprint density at radius 1 is 1.39 bits per heavy atom. The molecule has 1 heterocycles. The van der Waals surface area contributed by atoms with E-state index in [1.165, 1.54) is 29.7 Å². The predicted molar refractivity (Wildman–Crippen MR) is 74.9 cm³/mol. The molecule has 0 amide bonds. The van der Waals surface area contributed by atoms with Gasteiger partial charge in [-0.1, -0.05) is 13.0 Å². The molecule has 1 saturated carbocycles. The Hall–Kier alpha value is -1.35. The van der Waals surface area contributed by atoms with E-state index < -0.39 is 0 Å². The molecule has 0 aliphatic heterocycles. The average molecular weight is 243 g/mol. The fourth-order valence-corrected chi connectivity index (χ4v) is 2.95. The van der Waals surface area contributed by atoms with Crippen LogP contribution in [0.25, 0.3) is 11.0 Å². The summed E-state index contributed by atoms with van der Waals surface area (Å²) in [5.41, 5.74) is 4.22. The summed E-state index contributed by atoms with van der Waals surface area (Å²) >= 11 is 0. The maximum absolute atomic E-state index is 4.74. The van der Waals surface area contributed by atoms with Gasteiger partial charge in [-0.05, 0) is 37.6 Å². The zero-order valence-electron chi connectivity index (χ0n) is 11.5. The van der Waals surface area contributed by atoms with Crippen molar-refractivity contribution in [2.75, 3.05) is 13.6 Å². The second-order valence-electron chi connectivity index (χ2n) is 5.45. The van der Waals surface area contributed by atoms with E-state index in [-0.39, 0.29) is 0 Å². The summed E-state index contributed by atoms with van der Waals surface area (Å²) in [6.07, 6.45) is 3.59. The lowest BCUT2D eigenvalue weighted by molar-refractivity contribution is 0.625. The maximum atomic E-state index is 4.74. The van der Waals surface area contributed by atoms with Crippen molar-refractivity contribution in [2.45, 2.75) is 31.6 Å². The minimum absolute atomic E-state index is 0.382. The Balaban J connectivity index is 2.06. The molecule has 1 N–H and O–H groups in total. The predicted octanol–water partition coefficient (Wildman–Crippen LogP) is 2.39. The fourth-order valence-electron chi connectivity index (χ4n) is 2.95. The van der Waals surface area contributed by atoms with Gasteiger partial charge in [0.1, 0.15) is 5.82 Å². The number of aryl methyl sites for hydroxylation is 2. The summed E-state index contributed by atoms with van der Waals surface area (Å²) in [6.45, 7) is 3.23. The molecular weight excluding hydrogens is 222 g/mol. The SMILES string of the molecule is CCc1nc2cc(C3(CNC)CC3)ccc2n1C. The Bertz CT molecular complexity index is 579. The van der Waals surface area contributed by atoms with Gasteiger partial charge in [0, 0.05) is 25.4 Å². The first-order valence-corrected chi connectivity index (χ1v) is 6.80. The standard InChI is InChI=1S/C15H21N3/c1-4-14-17-12-9-11(5-6-13(12)18(14)3)15(7-8-15)10-16-2/h5-6,9,16H,4,7-8,10H2,1-3H3. The van der Waals surface area contributed by atoms with Crippen LogP contribution in [0.2, 0.25) is 0 Å². The minimum Gasteiger partial charge on any atom is -0.331 e. The highest BCUT2D eigenvalue weighted by molar-refractivity contribution is 5.77. The van der Waals surface area contributed by atoms with E-state index in [1.807, 2.05) is 7.05 Å². The molecule has 1 aliphatic rings. The van der Waals surface area contributed by atoms with E-state index in [0.717, 1.165) is 18.5 Å². The first-order chi connectivity index (χ1) is 8.70. The number of rotatable bonds is 4. The number of nitrogens with one attached hydrogen (secondary N) is 1. The second kappa shape index (κ2) is 4.09. The molecular formula is C15H21N3. The van der Waals surface area contributed by atoms with Gasteiger partial charge in [0.15, 0.2) is 0 Å². The van der Waals surface area contributed by atoms with Crippen LogP contribution >= 0.6 is 0 Å². The monoisotopic (exact) mass is 243 g/mol. The summed E-state index contributed by atoms with van der Waals surface area (Å²) in [5.74, 6) is 1.17. The molecule has 18 heavy (non-hydrogen) atoms. The van der Waals surface area contributed by atoms with Gasteiger partial charge >= 0.3 is 0 Å². The van der Waals surface area contributed by atoms with Gasteiger partial charge in [-0.15, -0.1) is 0 Å². The normalized spacial score (nSPS) is 17.3. The fraction of sp³-hybridized carbons (Fsp3) is 0.533. The van der Waals surface area contributed by atoms with Gasteiger partial charge in [-0.2, -0.15) is 0 Å². The maximum Gasteiger partial charge on any atom is 0.109 e. The number of hydrogen-bond acceptors (Lipinski definition) is 2. The summed E-state index contributed by atoms with van der Waals surface area (Å²) in [5, 5.41) is 3.32. The van der Waals surface area contributed by atoms with Crippen molar-refractivity contribution < 1.29 is 0 Å². The third kappa shape index (κ3) is 1.65. The molecule has 0 atom stereocenters. The number of hydrogen-bond donors (Lipinski definition) is 1. The molecule has 3 rings (SSSR count). The van der Waals surface area contributed by atoms with E-state index in [2.05, 4.69) is 42.1 Å². The van der Waals surface area contributed by atoms with Crippen LogP contribution in [0, 0.1) is 0 Å². The van der Waals surface area contributed by atoms with Crippen LogP contribution < -0.4 is 5.32 Å². The summed E-state index contributed by atoms with van der Waals surface area (Å²) < 4.78 is 2.21. The van der Waals surface area contributed by atoms with E-state index >= 15 is 0 Å². The number of aromatic nitrogens is 2. The second-order valence-corrected chi connectivity index (χ2v) is 5.45. The molecule has 1 aliphatic carbocycles. The molecule has 1 aromatic heterocycles. The number of fused-ring (bicyclic) bond motifs is 1. The number of likely N-dealkylation sites (N-methyl/N-ethyl adjacent to an activating group) is 1. The summed E-state index contributed by atoms with van der Waals surface area (Å²) in [4.78, 5) is 4.74. The van der Waals surface area contributed by atoms with Gasteiger partial charge in [0.05, 0.1) is 11.0 Å². The lowest BCUT2D eigenvalue weighted by Gasteiger charge is -2.14. The Labute approximate surface area is 108 Å². The number of benzene rings is 1. The molecule has 3 nitrogen and oxygen atoms in total. The van der Waals surface area contributed by atoms with Crippen molar-refractivity contribution in [1.82, 2.24) is 14.9 Å². The lowest BCUT2D eigenvalue weighted by Crippen LogP contribution is -2.23. The third-order valence-corrected chi connectivity index (χ3v) is 4.27. The highest BCUT2D eigenvalue weighted by atomic mass is 15.1. The Morgan fingerprint density at radius 2 is 2.17 bits per heavy atom.